The molecule has 0 bridgehead atoms. The van der Waals surface area contributed by atoms with Crippen LogP contribution in [0.1, 0.15) is 44.7 Å². The average Bonchev–Trinajstić information content (AvgIpc) is 3.24. The zero-order valence-corrected chi connectivity index (χ0v) is 17.3. The highest BCUT2D eigenvalue weighted by molar-refractivity contribution is 5.75. The third-order valence-electron chi connectivity index (χ3n) is 4.63. The molecule has 0 aliphatic heterocycles. The smallest absolute Gasteiger partial charge is 0.220 e. The monoisotopic (exact) mass is 392 g/mol. The molecule has 0 unspecified atom stereocenters. The Morgan fingerprint density at radius 1 is 1.14 bits per heavy atom. The summed E-state index contributed by atoms with van der Waals surface area (Å²) in [4.78, 5) is 20.6. The van der Waals surface area contributed by atoms with E-state index in [1.54, 1.807) is 18.7 Å². The lowest BCUT2D eigenvalue weighted by Crippen LogP contribution is -2.24. The largest absolute Gasteiger partial charge is 0.494 e. The first kappa shape index (κ1) is 20.6. The van der Waals surface area contributed by atoms with Crippen molar-refractivity contribution in [3.8, 4) is 11.6 Å². The maximum atomic E-state index is 12.2. The van der Waals surface area contributed by atoms with E-state index in [0.29, 0.717) is 26.0 Å². The van der Waals surface area contributed by atoms with Crippen LogP contribution in [0, 0.1) is 0 Å². The molecule has 152 valence electrons. The number of nitrogens with one attached hydrogen (secondary N) is 1. The van der Waals surface area contributed by atoms with Gasteiger partial charge in [0.1, 0.15) is 17.9 Å². The second-order valence-corrected chi connectivity index (χ2v) is 7.96. The van der Waals surface area contributed by atoms with Gasteiger partial charge in [0.2, 0.25) is 5.91 Å². The summed E-state index contributed by atoms with van der Waals surface area (Å²) in [5.41, 5.74) is 2.34. The van der Waals surface area contributed by atoms with Gasteiger partial charge < -0.3 is 10.1 Å². The number of rotatable bonds is 8. The Bertz CT molecular complexity index is 913. The molecule has 6 heteroatoms. The lowest BCUT2D eigenvalue weighted by atomic mass is 9.87. The zero-order chi connectivity index (χ0) is 20.7. The highest BCUT2D eigenvalue weighted by Crippen LogP contribution is 2.24. The molecule has 0 spiro atoms. The fourth-order valence-electron chi connectivity index (χ4n) is 2.94. The van der Waals surface area contributed by atoms with E-state index in [1.165, 1.54) is 5.56 Å². The van der Waals surface area contributed by atoms with Crippen LogP contribution in [0.25, 0.3) is 5.82 Å². The van der Waals surface area contributed by atoms with Gasteiger partial charge in [0.05, 0.1) is 6.61 Å². The van der Waals surface area contributed by atoms with Crippen molar-refractivity contribution in [3.05, 3.63) is 72.4 Å². The van der Waals surface area contributed by atoms with E-state index < -0.39 is 0 Å². The van der Waals surface area contributed by atoms with Crippen molar-refractivity contribution in [2.45, 2.75) is 45.6 Å². The Kier molecular flexibility index (Phi) is 6.65. The molecular weight excluding hydrogens is 364 g/mol. The Hall–Kier alpha value is -3.15. The number of hydrogen-bond donors (Lipinski definition) is 1. The SMILES string of the molecule is CC(C)(C)c1ccc(OCCCC(=O)NCc2cccnc2-n2ccnc2)cc1. The molecule has 6 nitrogen and oxygen atoms in total. The summed E-state index contributed by atoms with van der Waals surface area (Å²) in [6, 6.07) is 12.0. The Morgan fingerprint density at radius 3 is 2.62 bits per heavy atom. The van der Waals surface area contributed by atoms with Crippen molar-refractivity contribution in [2.75, 3.05) is 6.61 Å². The van der Waals surface area contributed by atoms with Crippen molar-refractivity contribution in [1.82, 2.24) is 19.9 Å². The van der Waals surface area contributed by atoms with E-state index in [1.807, 2.05) is 35.0 Å². The molecule has 0 atom stereocenters. The van der Waals surface area contributed by atoms with Crippen LogP contribution in [-0.2, 0) is 16.8 Å². The van der Waals surface area contributed by atoms with Crippen LogP contribution in [0.5, 0.6) is 5.75 Å². The number of carbonyl (C=O) groups is 1. The van der Waals surface area contributed by atoms with Crippen molar-refractivity contribution in [1.29, 1.82) is 0 Å². The van der Waals surface area contributed by atoms with Crippen LogP contribution in [0.4, 0.5) is 0 Å². The van der Waals surface area contributed by atoms with Crippen LogP contribution in [0.3, 0.4) is 0 Å². The minimum absolute atomic E-state index is 0.00267. The van der Waals surface area contributed by atoms with Crippen molar-refractivity contribution < 1.29 is 9.53 Å². The Balaban J connectivity index is 1.41. The van der Waals surface area contributed by atoms with Gasteiger partial charge in [-0.05, 0) is 35.6 Å². The third-order valence-corrected chi connectivity index (χ3v) is 4.63. The summed E-state index contributed by atoms with van der Waals surface area (Å²) in [5.74, 6) is 1.60. The van der Waals surface area contributed by atoms with Crippen molar-refractivity contribution in [3.63, 3.8) is 0 Å². The molecule has 0 aliphatic carbocycles. The van der Waals surface area contributed by atoms with Gasteiger partial charge in [-0.15, -0.1) is 0 Å². The molecule has 0 aliphatic rings. The second kappa shape index (κ2) is 9.37. The van der Waals surface area contributed by atoms with E-state index in [4.69, 9.17) is 4.74 Å². The van der Waals surface area contributed by atoms with E-state index in [0.717, 1.165) is 17.1 Å². The van der Waals surface area contributed by atoms with Crippen molar-refractivity contribution in [2.24, 2.45) is 0 Å². The molecule has 3 aromatic rings. The van der Waals surface area contributed by atoms with Gasteiger partial charge in [0.25, 0.3) is 0 Å². The first-order valence-electron chi connectivity index (χ1n) is 9.86. The first-order valence-corrected chi connectivity index (χ1v) is 9.86. The molecule has 3 rings (SSSR count). The predicted molar refractivity (Wildman–Crippen MR) is 113 cm³/mol. The van der Waals surface area contributed by atoms with E-state index in [-0.39, 0.29) is 11.3 Å². The van der Waals surface area contributed by atoms with Crippen LogP contribution in [0.2, 0.25) is 0 Å². The standard InChI is InChI=1S/C23H28N4O2/c1-23(2,3)19-8-10-20(11-9-19)29-15-5-7-21(28)26-16-18-6-4-12-25-22(18)27-14-13-24-17-27/h4,6,8-14,17H,5,7,15-16H2,1-3H3,(H,26,28). The fraction of sp³-hybridized carbons (Fsp3) is 0.348. The lowest BCUT2D eigenvalue weighted by Gasteiger charge is -2.19. The summed E-state index contributed by atoms with van der Waals surface area (Å²) in [5, 5.41) is 2.96. The average molecular weight is 393 g/mol. The zero-order valence-electron chi connectivity index (χ0n) is 17.3. The summed E-state index contributed by atoms with van der Waals surface area (Å²) < 4.78 is 7.59. The number of pyridine rings is 1. The van der Waals surface area contributed by atoms with Gasteiger partial charge in [0, 0.05) is 37.1 Å². The van der Waals surface area contributed by atoms with Crippen LogP contribution in [-0.4, -0.2) is 27.0 Å². The van der Waals surface area contributed by atoms with Crippen molar-refractivity contribution >= 4 is 5.91 Å². The molecule has 2 aromatic heterocycles. The lowest BCUT2D eigenvalue weighted by molar-refractivity contribution is -0.121. The highest BCUT2D eigenvalue weighted by atomic mass is 16.5. The van der Waals surface area contributed by atoms with Crippen LogP contribution >= 0.6 is 0 Å². The molecular formula is C23H28N4O2. The maximum absolute atomic E-state index is 12.2. The molecule has 0 radical (unpaired) electrons. The summed E-state index contributed by atoms with van der Waals surface area (Å²) in [6.45, 7) is 7.49. The molecule has 2 heterocycles. The number of nitrogens with zero attached hydrogens (tertiary/aromatic N) is 3. The quantitative estimate of drug-likeness (QED) is 0.588. The number of imidazole rings is 1. The van der Waals surface area contributed by atoms with Gasteiger partial charge in [-0.2, -0.15) is 0 Å². The molecule has 29 heavy (non-hydrogen) atoms. The molecule has 1 amide bonds. The van der Waals surface area contributed by atoms with Gasteiger partial charge in [-0.25, -0.2) is 9.97 Å². The van der Waals surface area contributed by atoms with Crippen LogP contribution < -0.4 is 10.1 Å². The minimum atomic E-state index is -0.00267. The highest BCUT2D eigenvalue weighted by Gasteiger charge is 2.13. The Labute approximate surface area is 172 Å². The molecule has 1 aromatic carbocycles. The van der Waals surface area contributed by atoms with E-state index in [9.17, 15) is 4.79 Å². The Morgan fingerprint density at radius 2 is 1.93 bits per heavy atom. The first-order chi connectivity index (χ1) is 13.9. The number of amides is 1. The van der Waals surface area contributed by atoms with Gasteiger partial charge >= 0.3 is 0 Å². The number of aromatic nitrogens is 3. The number of carbonyl (C=O) groups excluding carboxylic acids is 1. The predicted octanol–water partition coefficient (Wildman–Crippen LogP) is 4.04. The normalized spacial score (nSPS) is 11.3. The third kappa shape index (κ3) is 5.91. The second-order valence-electron chi connectivity index (χ2n) is 7.96. The topological polar surface area (TPSA) is 69.0 Å². The van der Waals surface area contributed by atoms with Crippen LogP contribution in [0.15, 0.2) is 61.3 Å². The van der Waals surface area contributed by atoms with Gasteiger partial charge in [-0.3, -0.25) is 9.36 Å². The fourth-order valence-corrected chi connectivity index (χ4v) is 2.94. The maximum Gasteiger partial charge on any atom is 0.220 e. The number of hydrogen-bond acceptors (Lipinski definition) is 4. The minimum Gasteiger partial charge on any atom is -0.494 e. The summed E-state index contributed by atoms with van der Waals surface area (Å²) in [7, 11) is 0. The molecule has 0 saturated carbocycles. The van der Waals surface area contributed by atoms with Gasteiger partial charge in [0.15, 0.2) is 0 Å². The number of benzene rings is 1. The van der Waals surface area contributed by atoms with E-state index >= 15 is 0 Å². The van der Waals surface area contributed by atoms with Gasteiger partial charge in [-0.1, -0.05) is 39.0 Å². The summed E-state index contributed by atoms with van der Waals surface area (Å²) in [6.07, 6.45) is 8.03. The van der Waals surface area contributed by atoms with E-state index in [2.05, 4.69) is 48.2 Å². The summed E-state index contributed by atoms with van der Waals surface area (Å²) >= 11 is 0. The molecule has 0 saturated heterocycles. The molecule has 0 fully saturated rings. The molecule has 1 N–H and O–H groups in total. The number of ether oxygens (including phenoxy) is 1.